The molecule has 0 nitrogen and oxygen atoms in total. The molecule has 0 radical (unpaired) electrons. The smallest absolute Gasteiger partial charge is 0.166 e. The molecule has 12 heavy (non-hydrogen) atoms. The highest BCUT2D eigenvalue weighted by Gasteiger charge is 2.33. The Labute approximate surface area is 73.7 Å². The van der Waals surface area contributed by atoms with Crippen LogP contribution in [0.2, 0.25) is 0 Å². The molecule has 0 aromatic carbocycles. The molecule has 0 aromatic heterocycles. The van der Waals surface area contributed by atoms with Crippen molar-refractivity contribution in [3.8, 4) is 0 Å². The second kappa shape index (κ2) is 3.52. The minimum Gasteiger partial charge on any atom is -0.166 e. The Bertz CT molecular complexity index is 215. The Kier molecular flexibility index (Phi) is 2.83. The van der Waals surface area contributed by atoms with E-state index in [-0.39, 0.29) is 11.8 Å². The lowest BCUT2D eigenvalue weighted by Gasteiger charge is -2.15. The standard InChI is InChI=1S/C8H8ClF3/c9-5-6-2-1-3-7(4-6)8(10,11)12/h1,3-4,6H,2,5H2. The summed E-state index contributed by atoms with van der Waals surface area (Å²) in [5.41, 5.74) is -0.584. The second-order valence-electron chi connectivity index (χ2n) is 2.67. The largest absolute Gasteiger partial charge is 0.416 e. The number of hydrogen-bond donors (Lipinski definition) is 0. The first-order valence-electron chi connectivity index (χ1n) is 3.55. The van der Waals surface area contributed by atoms with Gasteiger partial charge in [0.05, 0.1) is 5.57 Å². The first-order chi connectivity index (χ1) is 5.54. The van der Waals surface area contributed by atoms with Crippen LogP contribution in [-0.4, -0.2) is 12.1 Å². The maximum atomic E-state index is 12.1. The summed E-state index contributed by atoms with van der Waals surface area (Å²) in [6, 6.07) is 0. The lowest BCUT2D eigenvalue weighted by molar-refractivity contribution is -0.0888. The van der Waals surface area contributed by atoms with Crippen LogP contribution in [0.3, 0.4) is 0 Å². The molecule has 0 saturated heterocycles. The number of allylic oxidation sites excluding steroid dienone is 4. The van der Waals surface area contributed by atoms with Crippen molar-refractivity contribution in [3.63, 3.8) is 0 Å². The van der Waals surface area contributed by atoms with Gasteiger partial charge >= 0.3 is 6.18 Å². The van der Waals surface area contributed by atoms with Crippen molar-refractivity contribution < 1.29 is 13.2 Å². The molecule has 1 unspecified atom stereocenters. The third-order valence-electron chi connectivity index (χ3n) is 1.68. The third-order valence-corrected chi connectivity index (χ3v) is 2.07. The van der Waals surface area contributed by atoms with E-state index in [2.05, 4.69) is 0 Å². The molecule has 0 fully saturated rings. The van der Waals surface area contributed by atoms with Gasteiger partial charge in [0.2, 0.25) is 0 Å². The molecule has 0 heterocycles. The fourth-order valence-corrected chi connectivity index (χ4v) is 1.26. The van der Waals surface area contributed by atoms with Crippen LogP contribution in [0.4, 0.5) is 13.2 Å². The van der Waals surface area contributed by atoms with E-state index in [0.29, 0.717) is 6.42 Å². The molecule has 0 aromatic rings. The van der Waals surface area contributed by atoms with Crippen molar-refractivity contribution in [2.24, 2.45) is 5.92 Å². The molecule has 0 bridgehead atoms. The molecule has 0 saturated carbocycles. The van der Waals surface area contributed by atoms with E-state index in [0.717, 1.165) is 6.08 Å². The van der Waals surface area contributed by atoms with Crippen LogP contribution in [0.1, 0.15) is 6.42 Å². The Morgan fingerprint density at radius 3 is 2.67 bits per heavy atom. The Morgan fingerprint density at radius 2 is 2.17 bits per heavy atom. The van der Waals surface area contributed by atoms with Gasteiger partial charge in [0.1, 0.15) is 0 Å². The van der Waals surface area contributed by atoms with Gasteiger partial charge in [-0.3, -0.25) is 0 Å². The lowest BCUT2D eigenvalue weighted by Crippen LogP contribution is -2.14. The summed E-state index contributed by atoms with van der Waals surface area (Å²) in [6.45, 7) is 0. The summed E-state index contributed by atoms with van der Waals surface area (Å²) in [5.74, 6) is 0.0671. The zero-order valence-corrected chi connectivity index (χ0v) is 6.99. The van der Waals surface area contributed by atoms with Crippen molar-refractivity contribution in [1.29, 1.82) is 0 Å². The van der Waals surface area contributed by atoms with E-state index in [9.17, 15) is 13.2 Å². The lowest BCUT2D eigenvalue weighted by atomic mass is 9.98. The summed E-state index contributed by atoms with van der Waals surface area (Å²) in [6.07, 6.45) is 0.163. The minimum atomic E-state index is -4.23. The maximum absolute atomic E-state index is 12.1. The predicted octanol–water partition coefficient (Wildman–Crippen LogP) is 3.29. The zero-order chi connectivity index (χ0) is 9.19. The summed E-state index contributed by atoms with van der Waals surface area (Å²) < 4.78 is 36.3. The van der Waals surface area contributed by atoms with Crippen molar-refractivity contribution in [3.05, 3.63) is 23.8 Å². The van der Waals surface area contributed by atoms with Crippen molar-refractivity contribution in [2.75, 3.05) is 5.88 Å². The summed E-state index contributed by atoms with van der Waals surface area (Å²) in [4.78, 5) is 0. The van der Waals surface area contributed by atoms with Gasteiger partial charge in [0, 0.05) is 5.88 Å². The molecule has 4 heteroatoms. The van der Waals surface area contributed by atoms with Gasteiger partial charge in [-0.05, 0) is 12.3 Å². The highest BCUT2D eigenvalue weighted by molar-refractivity contribution is 6.18. The molecule has 0 aliphatic heterocycles. The molecular weight excluding hydrogens is 189 g/mol. The molecule has 68 valence electrons. The van der Waals surface area contributed by atoms with E-state index in [4.69, 9.17) is 11.6 Å². The van der Waals surface area contributed by atoms with Gasteiger partial charge in [-0.15, -0.1) is 11.6 Å². The molecule has 0 spiro atoms. The minimum absolute atomic E-state index is 0.173. The summed E-state index contributed by atoms with van der Waals surface area (Å²) in [7, 11) is 0. The van der Waals surface area contributed by atoms with E-state index in [1.165, 1.54) is 12.2 Å². The third kappa shape index (κ3) is 2.27. The number of hydrogen-bond acceptors (Lipinski definition) is 0. The Balaban J connectivity index is 2.77. The van der Waals surface area contributed by atoms with Crippen LogP contribution in [0.25, 0.3) is 0 Å². The maximum Gasteiger partial charge on any atom is 0.416 e. The summed E-state index contributed by atoms with van der Waals surface area (Å²) >= 11 is 5.45. The van der Waals surface area contributed by atoms with Crippen LogP contribution >= 0.6 is 11.6 Å². The normalized spacial score (nSPS) is 24.0. The van der Waals surface area contributed by atoms with Gasteiger partial charge in [-0.1, -0.05) is 18.2 Å². The highest BCUT2D eigenvalue weighted by atomic mass is 35.5. The SMILES string of the molecule is FC(F)(F)C1=CC(CCl)CC=C1. The van der Waals surface area contributed by atoms with Crippen molar-refractivity contribution in [2.45, 2.75) is 12.6 Å². The van der Waals surface area contributed by atoms with Gasteiger partial charge in [-0.2, -0.15) is 13.2 Å². The second-order valence-corrected chi connectivity index (χ2v) is 2.98. The van der Waals surface area contributed by atoms with Crippen LogP contribution in [0.15, 0.2) is 23.8 Å². The number of rotatable bonds is 1. The average molecular weight is 197 g/mol. The van der Waals surface area contributed by atoms with Gasteiger partial charge < -0.3 is 0 Å². The quantitative estimate of drug-likeness (QED) is 0.565. The van der Waals surface area contributed by atoms with Gasteiger partial charge in [0.25, 0.3) is 0 Å². The molecule has 1 rings (SSSR count). The van der Waals surface area contributed by atoms with Gasteiger partial charge in [0.15, 0.2) is 0 Å². The van der Waals surface area contributed by atoms with Crippen LogP contribution < -0.4 is 0 Å². The van der Waals surface area contributed by atoms with E-state index in [1.54, 1.807) is 0 Å². The number of halogens is 4. The molecule has 1 aliphatic carbocycles. The van der Waals surface area contributed by atoms with E-state index >= 15 is 0 Å². The summed E-state index contributed by atoms with van der Waals surface area (Å²) in [5, 5.41) is 0. The van der Waals surface area contributed by atoms with Crippen LogP contribution in [-0.2, 0) is 0 Å². The fraction of sp³-hybridized carbons (Fsp3) is 0.500. The molecule has 1 atom stereocenters. The molecule has 0 amide bonds. The molecular formula is C8H8ClF3. The first-order valence-corrected chi connectivity index (χ1v) is 4.09. The van der Waals surface area contributed by atoms with Crippen LogP contribution in [0.5, 0.6) is 0 Å². The monoisotopic (exact) mass is 196 g/mol. The van der Waals surface area contributed by atoms with Crippen LogP contribution in [0, 0.1) is 5.92 Å². The van der Waals surface area contributed by atoms with E-state index < -0.39 is 11.7 Å². The highest BCUT2D eigenvalue weighted by Crippen LogP contribution is 2.31. The molecule has 0 N–H and O–H groups in total. The zero-order valence-electron chi connectivity index (χ0n) is 6.24. The predicted molar refractivity (Wildman–Crippen MR) is 42.1 cm³/mol. The fourth-order valence-electron chi connectivity index (χ4n) is 1.04. The first kappa shape index (κ1) is 9.65. The van der Waals surface area contributed by atoms with E-state index in [1.807, 2.05) is 0 Å². The van der Waals surface area contributed by atoms with Gasteiger partial charge in [-0.25, -0.2) is 0 Å². The topological polar surface area (TPSA) is 0 Å². The van der Waals surface area contributed by atoms with Crippen molar-refractivity contribution in [1.82, 2.24) is 0 Å². The average Bonchev–Trinajstić information content (AvgIpc) is 2.03. The Hall–Kier alpha value is -0.440. The number of alkyl halides is 4. The molecule has 1 aliphatic rings. The van der Waals surface area contributed by atoms with Crippen molar-refractivity contribution >= 4 is 11.6 Å². The Morgan fingerprint density at radius 1 is 1.50 bits per heavy atom.